The Morgan fingerprint density at radius 2 is 1.50 bits per heavy atom. The molecule has 2 aliphatic heterocycles. The molecule has 2 heteroatoms. The molecule has 0 radical (unpaired) electrons. The highest BCUT2D eigenvalue weighted by Gasteiger charge is 2.30. The minimum Gasteiger partial charge on any atom is -0.0742 e. The van der Waals surface area contributed by atoms with Crippen molar-refractivity contribution in [3.05, 3.63) is 46.8 Å². The predicted molar refractivity (Wildman–Crippen MR) is 114 cm³/mol. The van der Waals surface area contributed by atoms with Gasteiger partial charge in [0.15, 0.2) is 29.1 Å². The minimum absolute atomic E-state index is 1.07. The van der Waals surface area contributed by atoms with Gasteiger partial charge in [0.05, 0.1) is 6.08 Å². The van der Waals surface area contributed by atoms with Crippen molar-refractivity contribution < 1.29 is 0 Å². The van der Waals surface area contributed by atoms with E-state index in [-0.39, 0.29) is 0 Å². The Morgan fingerprint density at radius 1 is 0.808 bits per heavy atom. The second-order valence-corrected chi connectivity index (χ2v) is 7.25. The third kappa shape index (κ3) is 6.79. The molecular formula is C24H34N2+2. The highest BCUT2D eigenvalue weighted by Crippen LogP contribution is 2.33. The number of rotatable bonds is 13. The van der Waals surface area contributed by atoms with Gasteiger partial charge in [-0.25, -0.2) is 0 Å². The van der Waals surface area contributed by atoms with Crippen LogP contribution >= 0.6 is 0 Å². The van der Waals surface area contributed by atoms with Gasteiger partial charge in [-0.1, -0.05) is 75.2 Å². The van der Waals surface area contributed by atoms with Crippen molar-refractivity contribution >= 4 is 12.4 Å². The van der Waals surface area contributed by atoms with E-state index in [1.54, 1.807) is 0 Å². The van der Waals surface area contributed by atoms with E-state index < -0.39 is 0 Å². The summed E-state index contributed by atoms with van der Waals surface area (Å²) in [5.41, 5.74) is 5.19. The Labute approximate surface area is 160 Å². The molecule has 0 saturated carbocycles. The Bertz CT molecular complexity index is 600. The van der Waals surface area contributed by atoms with Crippen LogP contribution in [0.15, 0.2) is 56.8 Å². The molecular weight excluding hydrogens is 316 g/mol. The first-order valence-electron chi connectivity index (χ1n) is 10.6. The van der Waals surface area contributed by atoms with Crippen LogP contribution in [0.4, 0.5) is 0 Å². The molecule has 0 unspecified atom stereocenters. The molecule has 26 heavy (non-hydrogen) atoms. The molecule has 138 valence electrons. The molecule has 0 aromatic carbocycles. The van der Waals surface area contributed by atoms with E-state index in [1.807, 2.05) is 18.5 Å². The molecule has 0 saturated heterocycles. The maximum Gasteiger partial charge on any atom is 0.161 e. The zero-order valence-corrected chi connectivity index (χ0v) is 16.7. The summed E-state index contributed by atoms with van der Waals surface area (Å²) in [6, 6.07) is 0. The number of aliphatic imine (C=N–C) groups is 2. The topological polar surface area (TPSA) is 24.7 Å². The standard InChI is InChI=1S/C24H34N2/c1-3-5-7-9-11-13-22-19-26-20-23(14-12-10-8-6-4-2)24(22)21-15-17-25-18-16-21/h15-17,19H,3-14H2,1-2H3/q+2. The van der Waals surface area contributed by atoms with Crippen molar-refractivity contribution in [3.63, 3.8) is 0 Å². The second-order valence-electron chi connectivity index (χ2n) is 7.25. The van der Waals surface area contributed by atoms with Crippen molar-refractivity contribution in [1.82, 2.24) is 0 Å². The van der Waals surface area contributed by atoms with Crippen LogP contribution in [-0.4, -0.2) is 12.4 Å². The molecule has 2 nitrogen and oxygen atoms in total. The van der Waals surface area contributed by atoms with Crippen LogP contribution in [0.2, 0.25) is 0 Å². The average Bonchev–Trinajstić information content (AvgIpc) is 2.68. The van der Waals surface area contributed by atoms with Gasteiger partial charge in [-0.05, 0) is 12.8 Å². The van der Waals surface area contributed by atoms with Gasteiger partial charge in [-0.3, -0.25) is 0 Å². The third-order valence-corrected chi connectivity index (χ3v) is 5.03. The van der Waals surface area contributed by atoms with Crippen LogP contribution in [0.5, 0.6) is 0 Å². The van der Waals surface area contributed by atoms with E-state index in [0.717, 1.165) is 12.8 Å². The fourth-order valence-electron chi connectivity index (χ4n) is 3.53. The maximum atomic E-state index is 4.45. The smallest absolute Gasteiger partial charge is 0.0742 e. The van der Waals surface area contributed by atoms with Crippen LogP contribution < -0.4 is 0 Å². The second kappa shape index (κ2) is 12.5. The Morgan fingerprint density at radius 3 is 2.15 bits per heavy atom. The molecule has 0 amide bonds. The SMILES string of the molecule is CCCCCCCC1=CN=[C+]C(CCCCCCC)=C1C1=C[C+]=NC=C1. The molecule has 0 aromatic rings. The minimum atomic E-state index is 1.07. The van der Waals surface area contributed by atoms with Crippen LogP contribution in [0, 0.1) is 0 Å². The number of allylic oxidation sites excluding steroid dienone is 6. The van der Waals surface area contributed by atoms with Crippen LogP contribution in [0.3, 0.4) is 0 Å². The van der Waals surface area contributed by atoms with Gasteiger partial charge in [-0.2, -0.15) is 0 Å². The summed E-state index contributed by atoms with van der Waals surface area (Å²) < 4.78 is 0. The van der Waals surface area contributed by atoms with E-state index in [9.17, 15) is 0 Å². The summed E-state index contributed by atoms with van der Waals surface area (Å²) in [4.78, 5) is 8.52. The van der Waals surface area contributed by atoms with Gasteiger partial charge in [-0.15, -0.1) is 0 Å². The first kappa shape index (κ1) is 20.4. The molecule has 0 atom stereocenters. The van der Waals surface area contributed by atoms with Gasteiger partial charge < -0.3 is 0 Å². The lowest BCUT2D eigenvalue weighted by atomic mass is 9.86. The maximum absolute atomic E-state index is 4.45. The molecule has 0 aliphatic carbocycles. The average molecular weight is 351 g/mol. The summed E-state index contributed by atoms with van der Waals surface area (Å²) in [5.74, 6) is 0. The van der Waals surface area contributed by atoms with Crippen LogP contribution in [-0.2, 0) is 0 Å². The number of hydrogen-bond acceptors (Lipinski definition) is 2. The summed E-state index contributed by atoms with van der Waals surface area (Å²) >= 11 is 0. The van der Waals surface area contributed by atoms with Gasteiger partial charge in [0.1, 0.15) is 24.0 Å². The Balaban J connectivity index is 2.04. The highest BCUT2D eigenvalue weighted by atomic mass is 14.7. The van der Waals surface area contributed by atoms with Gasteiger partial charge in [0, 0.05) is 12.8 Å². The van der Waals surface area contributed by atoms with E-state index >= 15 is 0 Å². The normalized spacial score (nSPS) is 15.6. The summed E-state index contributed by atoms with van der Waals surface area (Å²) in [6.45, 7) is 4.53. The predicted octanol–water partition coefficient (Wildman–Crippen LogP) is 7.25. The first-order valence-corrected chi connectivity index (χ1v) is 10.6. The highest BCUT2D eigenvalue weighted by molar-refractivity contribution is 5.88. The fourth-order valence-corrected chi connectivity index (χ4v) is 3.53. The van der Waals surface area contributed by atoms with Gasteiger partial charge in [0.25, 0.3) is 0 Å². The first-order chi connectivity index (χ1) is 12.9. The van der Waals surface area contributed by atoms with Crippen molar-refractivity contribution in [2.24, 2.45) is 9.98 Å². The zero-order valence-electron chi connectivity index (χ0n) is 16.7. The largest absolute Gasteiger partial charge is 0.161 e. The zero-order chi connectivity index (χ0) is 18.5. The monoisotopic (exact) mass is 350 g/mol. The van der Waals surface area contributed by atoms with Gasteiger partial charge >= 0.3 is 0 Å². The number of nitrogens with zero attached hydrogens (tertiary/aromatic N) is 2. The lowest BCUT2D eigenvalue weighted by Gasteiger charge is -2.09. The van der Waals surface area contributed by atoms with Crippen molar-refractivity contribution in [1.29, 1.82) is 0 Å². The van der Waals surface area contributed by atoms with Crippen molar-refractivity contribution in [3.8, 4) is 0 Å². The molecule has 0 bridgehead atoms. The Kier molecular flexibility index (Phi) is 9.80. The van der Waals surface area contributed by atoms with Crippen LogP contribution in [0.1, 0.15) is 90.9 Å². The Hall–Kier alpha value is -1.88. The quantitative estimate of drug-likeness (QED) is 0.247. The summed E-state index contributed by atoms with van der Waals surface area (Å²) in [6.07, 6.45) is 29.4. The van der Waals surface area contributed by atoms with E-state index in [4.69, 9.17) is 0 Å². The lowest BCUT2D eigenvalue weighted by molar-refractivity contribution is 0.628. The lowest BCUT2D eigenvalue weighted by Crippen LogP contribution is -2.05. The summed E-state index contributed by atoms with van der Waals surface area (Å²) in [5, 5.41) is 0. The summed E-state index contributed by atoms with van der Waals surface area (Å²) in [7, 11) is 0. The fraction of sp³-hybridized carbons (Fsp3) is 0.583. The van der Waals surface area contributed by atoms with Crippen molar-refractivity contribution in [2.75, 3.05) is 0 Å². The molecule has 0 N–H and O–H groups in total. The molecule has 0 fully saturated rings. The molecule has 2 rings (SSSR count). The molecule has 2 heterocycles. The van der Waals surface area contributed by atoms with E-state index in [0.29, 0.717) is 0 Å². The van der Waals surface area contributed by atoms with E-state index in [1.165, 1.54) is 86.5 Å². The van der Waals surface area contributed by atoms with Gasteiger partial charge in [0.2, 0.25) is 0 Å². The van der Waals surface area contributed by atoms with E-state index in [2.05, 4.69) is 42.3 Å². The van der Waals surface area contributed by atoms with Crippen LogP contribution in [0.25, 0.3) is 0 Å². The number of unbranched alkanes of at least 4 members (excludes halogenated alkanes) is 8. The third-order valence-electron chi connectivity index (χ3n) is 5.03. The molecule has 0 spiro atoms. The number of hydrogen-bond donors (Lipinski definition) is 0. The van der Waals surface area contributed by atoms with Crippen molar-refractivity contribution in [2.45, 2.75) is 90.9 Å². The molecule has 2 aliphatic rings. The molecule has 0 aromatic heterocycles.